The molecule has 114 valence electrons. The number of ether oxygens (including phenoxy) is 1. The highest BCUT2D eigenvalue weighted by atomic mass is 16.5. The van der Waals surface area contributed by atoms with Gasteiger partial charge >= 0.3 is 0 Å². The van der Waals surface area contributed by atoms with Crippen molar-refractivity contribution in [3.05, 3.63) is 0 Å². The Morgan fingerprint density at radius 2 is 1.95 bits per heavy atom. The summed E-state index contributed by atoms with van der Waals surface area (Å²) in [6.07, 6.45) is 9.51. The number of rotatable bonds is 4. The molecule has 0 saturated carbocycles. The first-order valence-electron chi connectivity index (χ1n) is 8.32. The van der Waals surface area contributed by atoms with E-state index in [0.29, 0.717) is 23.9 Å². The lowest BCUT2D eigenvalue weighted by Crippen LogP contribution is -2.41. The van der Waals surface area contributed by atoms with E-state index < -0.39 is 0 Å². The summed E-state index contributed by atoms with van der Waals surface area (Å²) < 4.78 is 5.73. The number of likely N-dealkylation sites (N-methyl/N-ethyl adjacent to an activating group) is 1. The van der Waals surface area contributed by atoms with Crippen LogP contribution in [0.15, 0.2) is 0 Å². The SMILES string of the molecule is CN(CC1CCCCO1)C(=O)CC1CC2CCC(C1)N2. The van der Waals surface area contributed by atoms with E-state index in [2.05, 4.69) is 5.32 Å². The average molecular weight is 280 g/mol. The molecule has 1 amide bonds. The molecule has 0 radical (unpaired) electrons. The van der Waals surface area contributed by atoms with Gasteiger partial charge < -0.3 is 15.0 Å². The Balaban J connectivity index is 1.43. The van der Waals surface area contributed by atoms with Gasteiger partial charge in [0.05, 0.1) is 6.10 Å². The first-order chi connectivity index (χ1) is 9.70. The van der Waals surface area contributed by atoms with Crippen LogP contribution in [0, 0.1) is 5.92 Å². The molecule has 4 nitrogen and oxygen atoms in total. The fourth-order valence-corrected chi connectivity index (χ4v) is 4.10. The van der Waals surface area contributed by atoms with Crippen molar-refractivity contribution in [3.8, 4) is 0 Å². The van der Waals surface area contributed by atoms with Crippen molar-refractivity contribution in [2.24, 2.45) is 5.92 Å². The van der Waals surface area contributed by atoms with Crippen LogP contribution in [0.4, 0.5) is 0 Å². The molecule has 0 aromatic rings. The Morgan fingerprint density at radius 1 is 1.20 bits per heavy atom. The molecule has 3 atom stereocenters. The predicted octanol–water partition coefficient (Wildman–Crippen LogP) is 1.93. The lowest BCUT2D eigenvalue weighted by atomic mass is 9.89. The fraction of sp³-hybridized carbons (Fsp3) is 0.938. The molecule has 3 heterocycles. The lowest BCUT2D eigenvalue weighted by molar-refractivity contribution is -0.133. The summed E-state index contributed by atoms with van der Waals surface area (Å²) in [4.78, 5) is 14.3. The Labute approximate surface area is 122 Å². The molecule has 3 saturated heterocycles. The Hall–Kier alpha value is -0.610. The van der Waals surface area contributed by atoms with E-state index in [0.717, 1.165) is 26.0 Å². The first kappa shape index (κ1) is 14.3. The van der Waals surface area contributed by atoms with Crippen LogP contribution in [0.2, 0.25) is 0 Å². The predicted molar refractivity (Wildman–Crippen MR) is 78.5 cm³/mol. The number of amides is 1. The number of hydrogen-bond donors (Lipinski definition) is 1. The third-order valence-corrected chi connectivity index (χ3v) is 5.21. The van der Waals surface area contributed by atoms with Crippen molar-refractivity contribution in [1.82, 2.24) is 10.2 Å². The maximum atomic E-state index is 12.4. The van der Waals surface area contributed by atoms with Gasteiger partial charge in [-0.3, -0.25) is 4.79 Å². The van der Waals surface area contributed by atoms with E-state index in [4.69, 9.17) is 4.74 Å². The van der Waals surface area contributed by atoms with Crippen LogP contribution in [-0.4, -0.2) is 49.2 Å². The van der Waals surface area contributed by atoms with Crippen molar-refractivity contribution in [2.45, 2.75) is 69.6 Å². The molecule has 1 N–H and O–H groups in total. The molecule has 3 aliphatic rings. The van der Waals surface area contributed by atoms with Crippen molar-refractivity contribution in [2.75, 3.05) is 20.2 Å². The van der Waals surface area contributed by atoms with Crippen LogP contribution < -0.4 is 5.32 Å². The standard InChI is InChI=1S/C16H28N2O2/c1-18(11-15-4-2-3-7-20-15)16(19)10-12-8-13-5-6-14(9-12)17-13/h12-15,17H,2-11H2,1H3. The third-order valence-electron chi connectivity index (χ3n) is 5.21. The van der Waals surface area contributed by atoms with Crippen molar-refractivity contribution >= 4 is 5.91 Å². The quantitative estimate of drug-likeness (QED) is 0.855. The molecule has 0 aromatic heterocycles. The van der Waals surface area contributed by atoms with E-state index in [9.17, 15) is 4.79 Å². The topological polar surface area (TPSA) is 41.6 Å². The second-order valence-electron chi connectivity index (χ2n) is 6.94. The zero-order chi connectivity index (χ0) is 13.9. The Kier molecular flexibility index (Phi) is 4.61. The third kappa shape index (κ3) is 3.53. The van der Waals surface area contributed by atoms with E-state index in [1.165, 1.54) is 38.5 Å². The maximum absolute atomic E-state index is 12.4. The van der Waals surface area contributed by atoms with Crippen molar-refractivity contribution in [3.63, 3.8) is 0 Å². The Morgan fingerprint density at radius 3 is 2.60 bits per heavy atom. The molecule has 0 spiro atoms. The van der Waals surface area contributed by atoms with Crippen LogP contribution in [0.5, 0.6) is 0 Å². The van der Waals surface area contributed by atoms with Gasteiger partial charge in [0, 0.05) is 38.7 Å². The van der Waals surface area contributed by atoms with E-state index in [1.54, 1.807) is 0 Å². The normalized spacial score (nSPS) is 36.9. The summed E-state index contributed by atoms with van der Waals surface area (Å²) in [5.74, 6) is 0.904. The number of piperidine rings is 1. The molecule has 4 heteroatoms. The van der Waals surface area contributed by atoms with Gasteiger partial charge in [-0.1, -0.05) is 0 Å². The number of fused-ring (bicyclic) bond motifs is 2. The molecule has 3 aliphatic heterocycles. The number of hydrogen-bond acceptors (Lipinski definition) is 3. The van der Waals surface area contributed by atoms with Gasteiger partial charge in [0.15, 0.2) is 0 Å². The zero-order valence-corrected chi connectivity index (χ0v) is 12.6. The van der Waals surface area contributed by atoms with Gasteiger partial charge in [-0.05, 0) is 50.9 Å². The minimum Gasteiger partial charge on any atom is -0.376 e. The number of carbonyl (C=O) groups is 1. The molecule has 0 aromatic carbocycles. The highest BCUT2D eigenvalue weighted by Gasteiger charge is 2.34. The summed E-state index contributed by atoms with van der Waals surface area (Å²) in [5, 5.41) is 3.64. The van der Waals surface area contributed by atoms with E-state index in [-0.39, 0.29) is 6.10 Å². The van der Waals surface area contributed by atoms with Gasteiger partial charge in [0.1, 0.15) is 0 Å². The van der Waals surface area contributed by atoms with Crippen LogP contribution in [0.1, 0.15) is 51.4 Å². The number of nitrogens with one attached hydrogen (secondary N) is 1. The second kappa shape index (κ2) is 6.44. The molecule has 20 heavy (non-hydrogen) atoms. The molecule has 0 aliphatic carbocycles. The first-order valence-corrected chi connectivity index (χ1v) is 8.32. The largest absolute Gasteiger partial charge is 0.376 e. The summed E-state index contributed by atoms with van der Waals surface area (Å²) in [5.41, 5.74) is 0. The molecular formula is C16H28N2O2. The lowest BCUT2D eigenvalue weighted by Gasteiger charge is -2.31. The molecule has 3 unspecified atom stereocenters. The second-order valence-corrected chi connectivity index (χ2v) is 6.94. The highest BCUT2D eigenvalue weighted by Crippen LogP contribution is 2.32. The molecule has 2 bridgehead atoms. The number of carbonyl (C=O) groups excluding carboxylic acids is 1. The molecule has 3 fully saturated rings. The minimum atomic E-state index is 0.266. The van der Waals surface area contributed by atoms with Crippen LogP contribution >= 0.6 is 0 Å². The molecular weight excluding hydrogens is 252 g/mol. The summed E-state index contributed by atoms with van der Waals surface area (Å²) in [7, 11) is 1.94. The number of nitrogens with zero attached hydrogens (tertiary/aromatic N) is 1. The van der Waals surface area contributed by atoms with Crippen LogP contribution in [0.3, 0.4) is 0 Å². The Bertz CT molecular complexity index is 329. The smallest absolute Gasteiger partial charge is 0.222 e. The van der Waals surface area contributed by atoms with Gasteiger partial charge in [0.25, 0.3) is 0 Å². The summed E-state index contributed by atoms with van der Waals surface area (Å²) in [6, 6.07) is 1.36. The van der Waals surface area contributed by atoms with Gasteiger partial charge in [0.2, 0.25) is 5.91 Å². The van der Waals surface area contributed by atoms with E-state index in [1.807, 2.05) is 11.9 Å². The monoisotopic (exact) mass is 280 g/mol. The van der Waals surface area contributed by atoms with Gasteiger partial charge in [-0.2, -0.15) is 0 Å². The maximum Gasteiger partial charge on any atom is 0.222 e. The van der Waals surface area contributed by atoms with Gasteiger partial charge in [-0.25, -0.2) is 0 Å². The highest BCUT2D eigenvalue weighted by molar-refractivity contribution is 5.76. The van der Waals surface area contributed by atoms with Gasteiger partial charge in [-0.15, -0.1) is 0 Å². The summed E-state index contributed by atoms with van der Waals surface area (Å²) >= 11 is 0. The molecule has 3 rings (SSSR count). The fourth-order valence-electron chi connectivity index (χ4n) is 4.10. The van der Waals surface area contributed by atoms with E-state index >= 15 is 0 Å². The average Bonchev–Trinajstić information content (AvgIpc) is 2.79. The zero-order valence-electron chi connectivity index (χ0n) is 12.6. The van der Waals surface area contributed by atoms with Crippen LogP contribution in [-0.2, 0) is 9.53 Å². The summed E-state index contributed by atoms with van der Waals surface area (Å²) in [6.45, 7) is 1.64. The van der Waals surface area contributed by atoms with Crippen molar-refractivity contribution in [1.29, 1.82) is 0 Å². The minimum absolute atomic E-state index is 0.266. The van der Waals surface area contributed by atoms with Crippen molar-refractivity contribution < 1.29 is 9.53 Å². The van der Waals surface area contributed by atoms with Crippen LogP contribution in [0.25, 0.3) is 0 Å².